The summed E-state index contributed by atoms with van der Waals surface area (Å²) in [5.41, 5.74) is 6.51. The van der Waals surface area contributed by atoms with Crippen LogP contribution in [0.4, 0.5) is 0 Å². The van der Waals surface area contributed by atoms with Crippen LogP contribution in [0.25, 0.3) is 0 Å². The highest BCUT2D eigenvalue weighted by molar-refractivity contribution is 6.42. The van der Waals surface area contributed by atoms with Crippen LogP contribution >= 0.6 is 23.2 Å². The second-order valence-electron chi connectivity index (χ2n) is 4.66. The molecule has 98 valence electrons. The molecule has 0 aliphatic heterocycles. The van der Waals surface area contributed by atoms with Crippen LogP contribution in [0.5, 0.6) is 0 Å². The molecular weight excluding hydrogens is 271 g/mol. The van der Waals surface area contributed by atoms with Gasteiger partial charge in [-0.2, -0.15) is 0 Å². The van der Waals surface area contributed by atoms with Gasteiger partial charge in [0.05, 0.1) is 10.0 Å². The molecule has 3 N–H and O–H groups in total. The lowest BCUT2D eigenvalue weighted by atomic mass is 9.91. The fourth-order valence-corrected chi connectivity index (χ4v) is 2.53. The van der Waals surface area contributed by atoms with Crippen LogP contribution in [-0.2, 0) is 0 Å². The smallest absolute Gasteiger partial charge is 0.251 e. The maximum absolute atomic E-state index is 12.1. The third-order valence-electron chi connectivity index (χ3n) is 3.32. The summed E-state index contributed by atoms with van der Waals surface area (Å²) >= 11 is 11.7. The molecule has 0 spiro atoms. The molecule has 0 unspecified atom stereocenters. The number of hydrogen-bond acceptors (Lipinski definition) is 2. The van der Waals surface area contributed by atoms with E-state index in [1.807, 2.05) is 0 Å². The van der Waals surface area contributed by atoms with Gasteiger partial charge in [-0.1, -0.05) is 36.0 Å². The molecule has 1 aromatic rings. The summed E-state index contributed by atoms with van der Waals surface area (Å²) < 4.78 is 0. The Balaban J connectivity index is 2.04. The number of carbonyl (C=O) groups excluding carboxylic acids is 1. The molecule has 0 aromatic heterocycles. The molecule has 1 saturated carbocycles. The molecule has 1 aliphatic carbocycles. The molecule has 1 aromatic carbocycles. The summed E-state index contributed by atoms with van der Waals surface area (Å²) in [5, 5.41) is 3.80. The normalized spacial score (nSPS) is 23.7. The van der Waals surface area contributed by atoms with Crippen molar-refractivity contribution in [3.63, 3.8) is 0 Å². The number of carbonyl (C=O) groups is 1. The Morgan fingerprint density at radius 2 is 1.94 bits per heavy atom. The second kappa shape index (κ2) is 5.91. The molecule has 1 amide bonds. The lowest BCUT2D eigenvalue weighted by Gasteiger charge is -2.29. The zero-order valence-corrected chi connectivity index (χ0v) is 11.5. The number of hydrogen-bond donors (Lipinski definition) is 2. The van der Waals surface area contributed by atoms with Gasteiger partial charge in [0, 0.05) is 17.6 Å². The second-order valence-corrected chi connectivity index (χ2v) is 5.47. The summed E-state index contributed by atoms with van der Waals surface area (Å²) in [6.07, 6.45) is 4.15. The van der Waals surface area contributed by atoms with E-state index in [1.165, 1.54) is 0 Å². The Hall–Kier alpha value is -0.770. The monoisotopic (exact) mass is 286 g/mol. The van der Waals surface area contributed by atoms with Gasteiger partial charge in [-0.25, -0.2) is 0 Å². The quantitative estimate of drug-likeness (QED) is 0.878. The van der Waals surface area contributed by atoms with Crippen LogP contribution in [0.3, 0.4) is 0 Å². The van der Waals surface area contributed by atoms with Crippen molar-refractivity contribution in [2.75, 3.05) is 0 Å². The molecule has 2 rings (SSSR count). The van der Waals surface area contributed by atoms with E-state index in [2.05, 4.69) is 5.32 Å². The Morgan fingerprint density at radius 1 is 1.22 bits per heavy atom. The molecule has 0 saturated heterocycles. The van der Waals surface area contributed by atoms with Crippen LogP contribution in [0.1, 0.15) is 36.0 Å². The van der Waals surface area contributed by atoms with E-state index in [1.54, 1.807) is 18.2 Å². The Kier molecular flexibility index (Phi) is 4.49. The van der Waals surface area contributed by atoms with E-state index in [0.29, 0.717) is 15.6 Å². The van der Waals surface area contributed by atoms with E-state index in [0.717, 1.165) is 25.7 Å². The lowest BCUT2D eigenvalue weighted by Crippen LogP contribution is -2.49. The van der Waals surface area contributed by atoms with E-state index < -0.39 is 0 Å². The van der Waals surface area contributed by atoms with E-state index >= 15 is 0 Å². The molecule has 1 aliphatic rings. The van der Waals surface area contributed by atoms with Gasteiger partial charge in [-0.3, -0.25) is 4.79 Å². The van der Waals surface area contributed by atoms with Crippen molar-refractivity contribution in [3.8, 4) is 0 Å². The Labute approximate surface area is 117 Å². The molecule has 3 nitrogen and oxygen atoms in total. The number of nitrogens with two attached hydrogens (primary N) is 1. The maximum atomic E-state index is 12.1. The van der Waals surface area contributed by atoms with Gasteiger partial charge >= 0.3 is 0 Å². The minimum atomic E-state index is -0.143. The highest BCUT2D eigenvalue weighted by atomic mass is 35.5. The fourth-order valence-electron chi connectivity index (χ4n) is 2.23. The molecule has 0 heterocycles. The largest absolute Gasteiger partial charge is 0.348 e. The van der Waals surface area contributed by atoms with Crippen molar-refractivity contribution in [3.05, 3.63) is 33.8 Å². The SMILES string of the molecule is N[C@@H]1CCCC[C@H]1NC(=O)c1ccc(Cl)c(Cl)c1. The van der Waals surface area contributed by atoms with Gasteiger partial charge in [0.1, 0.15) is 0 Å². The van der Waals surface area contributed by atoms with Crippen LogP contribution in [0.2, 0.25) is 10.0 Å². The van der Waals surface area contributed by atoms with Crippen LogP contribution in [-0.4, -0.2) is 18.0 Å². The zero-order chi connectivity index (χ0) is 13.1. The van der Waals surface area contributed by atoms with Crippen LogP contribution in [0.15, 0.2) is 18.2 Å². The highest BCUT2D eigenvalue weighted by Crippen LogP contribution is 2.23. The third-order valence-corrected chi connectivity index (χ3v) is 4.06. The summed E-state index contributed by atoms with van der Waals surface area (Å²) in [6.45, 7) is 0. The van der Waals surface area contributed by atoms with E-state index in [9.17, 15) is 4.79 Å². The number of benzene rings is 1. The molecule has 2 atom stereocenters. The average Bonchev–Trinajstić information content (AvgIpc) is 2.35. The van der Waals surface area contributed by atoms with Crippen molar-refractivity contribution in [1.82, 2.24) is 5.32 Å². The first-order chi connectivity index (χ1) is 8.58. The lowest BCUT2D eigenvalue weighted by molar-refractivity contribution is 0.0921. The summed E-state index contributed by atoms with van der Waals surface area (Å²) in [6, 6.07) is 4.97. The Morgan fingerprint density at radius 3 is 2.61 bits per heavy atom. The summed E-state index contributed by atoms with van der Waals surface area (Å²) in [5.74, 6) is -0.143. The Bertz CT molecular complexity index is 451. The molecule has 18 heavy (non-hydrogen) atoms. The topological polar surface area (TPSA) is 55.1 Å². The van der Waals surface area contributed by atoms with E-state index in [4.69, 9.17) is 28.9 Å². The number of amides is 1. The predicted molar refractivity (Wildman–Crippen MR) is 74.2 cm³/mol. The average molecular weight is 287 g/mol. The molecular formula is C13H16Cl2N2O. The third kappa shape index (κ3) is 3.16. The van der Waals surface area contributed by atoms with Gasteiger partial charge in [0.25, 0.3) is 5.91 Å². The predicted octanol–water partition coefficient (Wildman–Crippen LogP) is 2.99. The van der Waals surface area contributed by atoms with Gasteiger partial charge in [-0.15, -0.1) is 0 Å². The first kappa shape index (κ1) is 13.7. The van der Waals surface area contributed by atoms with Gasteiger partial charge in [0.2, 0.25) is 0 Å². The van der Waals surface area contributed by atoms with E-state index in [-0.39, 0.29) is 18.0 Å². The van der Waals surface area contributed by atoms with Gasteiger partial charge in [-0.05, 0) is 31.0 Å². The molecule has 0 bridgehead atoms. The minimum Gasteiger partial charge on any atom is -0.348 e. The summed E-state index contributed by atoms with van der Waals surface area (Å²) in [4.78, 5) is 12.1. The van der Waals surface area contributed by atoms with Crippen LogP contribution < -0.4 is 11.1 Å². The number of nitrogens with one attached hydrogen (secondary N) is 1. The first-order valence-electron chi connectivity index (χ1n) is 6.09. The first-order valence-corrected chi connectivity index (χ1v) is 6.85. The summed E-state index contributed by atoms with van der Waals surface area (Å²) in [7, 11) is 0. The number of halogens is 2. The van der Waals surface area contributed by atoms with Crippen molar-refractivity contribution in [2.45, 2.75) is 37.8 Å². The zero-order valence-electron chi connectivity index (χ0n) is 9.96. The van der Waals surface area contributed by atoms with Crippen molar-refractivity contribution in [1.29, 1.82) is 0 Å². The minimum absolute atomic E-state index is 0.0467. The maximum Gasteiger partial charge on any atom is 0.251 e. The molecule has 5 heteroatoms. The fraction of sp³-hybridized carbons (Fsp3) is 0.462. The standard InChI is InChI=1S/C13H16Cl2N2O/c14-9-6-5-8(7-10(9)15)13(18)17-12-4-2-1-3-11(12)16/h5-7,11-12H,1-4,16H2,(H,17,18)/t11-,12-/m1/s1. The van der Waals surface area contributed by atoms with Crippen molar-refractivity contribution < 1.29 is 4.79 Å². The number of rotatable bonds is 2. The van der Waals surface area contributed by atoms with Crippen molar-refractivity contribution >= 4 is 29.1 Å². The molecule has 0 radical (unpaired) electrons. The highest BCUT2D eigenvalue weighted by Gasteiger charge is 2.23. The van der Waals surface area contributed by atoms with Gasteiger partial charge in [0.15, 0.2) is 0 Å². The molecule has 1 fully saturated rings. The van der Waals surface area contributed by atoms with Crippen molar-refractivity contribution in [2.24, 2.45) is 5.73 Å². The van der Waals surface area contributed by atoms with Crippen LogP contribution in [0, 0.1) is 0 Å². The van der Waals surface area contributed by atoms with Gasteiger partial charge < -0.3 is 11.1 Å².